The van der Waals surface area contributed by atoms with Crippen LogP contribution in [-0.4, -0.2) is 35.1 Å². The van der Waals surface area contributed by atoms with Crippen molar-refractivity contribution in [3.63, 3.8) is 0 Å². The highest BCUT2D eigenvalue weighted by Crippen LogP contribution is 2.20. The molecule has 6 heteroatoms. The van der Waals surface area contributed by atoms with Gasteiger partial charge in [-0.15, -0.1) is 0 Å². The Bertz CT molecular complexity index is 911. The summed E-state index contributed by atoms with van der Waals surface area (Å²) >= 11 is 0. The van der Waals surface area contributed by atoms with Crippen LogP contribution in [0.15, 0.2) is 73.1 Å². The second-order valence-corrected chi connectivity index (χ2v) is 7.02. The molecule has 6 nitrogen and oxygen atoms in total. The SMILES string of the molecule is O=C(c1cnc(NCC2CCCO2)cn1)N(Cc1ccccc1)c1ccccc1. The van der Waals surface area contributed by atoms with Gasteiger partial charge in [0, 0.05) is 18.8 Å². The van der Waals surface area contributed by atoms with E-state index in [1.54, 1.807) is 11.1 Å². The number of carbonyl (C=O) groups excluding carboxylic acids is 1. The first kappa shape index (κ1) is 19.1. The molecule has 1 fully saturated rings. The largest absolute Gasteiger partial charge is 0.376 e. The molecule has 0 saturated carbocycles. The molecule has 0 aliphatic carbocycles. The summed E-state index contributed by atoms with van der Waals surface area (Å²) < 4.78 is 5.60. The van der Waals surface area contributed by atoms with Crippen LogP contribution in [0.25, 0.3) is 0 Å². The predicted molar refractivity (Wildman–Crippen MR) is 113 cm³/mol. The zero-order valence-electron chi connectivity index (χ0n) is 16.2. The molecule has 1 aromatic heterocycles. The van der Waals surface area contributed by atoms with Crippen molar-refractivity contribution in [2.45, 2.75) is 25.5 Å². The van der Waals surface area contributed by atoms with E-state index in [9.17, 15) is 4.79 Å². The number of hydrogen-bond donors (Lipinski definition) is 1. The van der Waals surface area contributed by atoms with Crippen molar-refractivity contribution in [1.29, 1.82) is 0 Å². The summed E-state index contributed by atoms with van der Waals surface area (Å²) in [5.41, 5.74) is 2.18. The lowest BCUT2D eigenvalue weighted by molar-refractivity contribution is 0.0980. The Morgan fingerprint density at radius 1 is 1.03 bits per heavy atom. The maximum Gasteiger partial charge on any atom is 0.278 e. The predicted octanol–water partition coefficient (Wildman–Crippen LogP) is 3.91. The molecule has 1 amide bonds. The minimum atomic E-state index is -0.182. The lowest BCUT2D eigenvalue weighted by Crippen LogP contribution is -2.31. The standard InChI is InChI=1S/C23H24N4O2/c28-23(21-15-26-22(16-24-21)25-14-20-12-7-13-29-20)27(19-10-5-2-6-11-19)17-18-8-3-1-4-9-18/h1-6,8-11,15-16,20H,7,12-14,17H2,(H,25,26). The molecule has 3 aromatic rings. The smallest absolute Gasteiger partial charge is 0.278 e. The molecule has 4 rings (SSSR count). The third kappa shape index (κ3) is 4.97. The fourth-order valence-corrected chi connectivity index (χ4v) is 3.35. The van der Waals surface area contributed by atoms with Gasteiger partial charge < -0.3 is 15.0 Å². The van der Waals surface area contributed by atoms with E-state index < -0.39 is 0 Å². The number of nitrogens with one attached hydrogen (secondary N) is 1. The van der Waals surface area contributed by atoms with Crippen LogP contribution in [0, 0.1) is 0 Å². The molecule has 2 aromatic carbocycles. The van der Waals surface area contributed by atoms with Gasteiger partial charge in [0.1, 0.15) is 11.5 Å². The number of para-hydroxylation sites is 1. The first-order valence-corrected chi connectivity index (χ1v) is 9.88. The number of rotatable bonds is 7. The van der Waals surface area contributed by atoms with Crippen LogP contribution in [0.5, 0.6) is 0 Å². The molecule has 1 aliphatic heterocycles. The van der Waals surface area contributed by atoms with Crippen molar-refractivity contribution in [1.82, 2.24) is 9.97 Å². The highest BCUT2D eigenvalue weighted by Gasteiger charge is 2.20. The topological polar surface area (TPSA) is 67.3 Å². The summed E-state index contributed by atoms with van der Waals surface area (Å²) in [6.07, 6.45) is 5.51. The van der Waals surface area contributed by atoms with Gasteiger partial charge in [-0.05, 0) is 30.5 Å². The van der Waals surface area contributed by atoms with E-state index >= 15 is 0 Å². The van der Waals surface area contributed by atoms with Crippen LogP contribution < -0.4 is 10.2 Å². The Labute approximate surface area is 170 Å². The van der Waals surface area contributed by atoms with E-state index in [0.29, 0.717) is 24.6 Å². The lowest BCUT2D eigenvalue weighted by Gasteiger charge is -2.22. The molecule has 0 radical (unpaired) electrons. The Balaban J connectivity index is 1.49. The summed E-state index contributed by atoms with van der Waals surface area (Å²) in [7, 11) is 0. The van der Waals surface area contributed by atoms with Crippen LogP contribution in [-0.2, 0) is 11.3 Å². The summed E-state index contributed by atoms with van der Waals surface area (Å²) in [4.78, 5) is 23.7. The van der Waals surface area contributed by atoms with Crippen LogP contribution in [0.4, 0.5) is 11.5 Å². The number of ether oxygens (including phenoxy) is 1. The van der Waals surface area contributed by atoms with Crippen molar-refractivity contribution in [3.05, 3.63) is 84.3 Å². The van der Waals surface area contributed by atoms with Gasteiger partial charge in [-0.25, -0.2) is 9.97 Å². The second kappa shape index (κ2) is 9.30. The number of carbonyl (C=O) groups is 1. The van der Waals surface area contributed by atoms with Crippen LogP contribution in [0.3, 0.4) is 0 Å². The van der Waals surface area contributed by atoms with Gasteiger partial charge in [-0.3, -0.25) is 4.79 Å². The minimum absolute atomic E-state index is 0.182. The maximum atomic E-state index is 13.2. The van der Waals surface area contributed by atoms with Gasteiger partial charge in [-0.1, -0.05) is 48.5 Å². The number of amides is 1. The Morgan fingerprint density at radius 2 is 1.79 bits per heavy atom. The summed E-state index contributed by atoms with van der Waals surface area (Å²) in [5.74, 6) is 0.463. The summed E-state index contributed by atoms with van der Waals surface area (Å²) in [6, 6.07) is 19.5. The summed E-state index contributed by atoms with van der Waals surface area (Å²) in [5, 5.41) is 3.23. The second-order valence-electron chi connectivity index (χ2n) is 7.02. The van der Waals surface area contributed by atoms with E-state index in [0.717, 1.165) is 30.7 Å². The number of anilines is 2. The van der Waals surface area contributed by atoms with Crippen molar-refractivity contribution in [2.24, 2.45) is 0 Å². The molecule has 148 valence electrons. The minimum Gasteiger partial charge on any atom is -0.376 e. The Morgan fingerprint density at radius 3 is 2.45 bits per heavy atom. The van der Waals surface area contributed by atoms with Crippen LogP contribution >= 0.6 is 0 Å². The molecule has 1 aliphatic rings. The third-order valence-corrected chi connectivity index (χ3v) is 4.90. The van der Waals surface area contributed by atoms with E-state index in [2.05, 4.69) is 15.3 Å². The molecule has 0 spiro atoms. The first-order chi connectivity index (χ1) is 14.3. The maximum absolute atomic E-state index is 13.2. The van der Waals surface area contributed by atoms with Crippen molar-refractivity contribution in [2.75, 3.05) is 23.4 Å². The number of nitrogens with zero attached hydrogens (tertiary/aromatic N) is 3. The molecular formula is C23H24N4O2. The molecule has 1 N–H and O–H groups in total. The van der Waals surface area contributed by atoms with E-state index in [4.69, 9.17) is 4.74 Å². The third-order valence-electron chi connectivity index (χ3n) is 4.90. The van der Waals surface area contributed by atoms with Crippen LogP contribution in [0.1, 0.15) is 28.9 Å². The summed E-state index contributed by atoms with van der Waals surface area (Å²) in [6.45, 7) is 1.98. The number of aromatic nitrogens is 2. The zero-order valence-corrected chi connectivity index (χ0v) is 16.2. The molecule has 29 heavy (non-hydrogen) atoms. The Kier molecular flexibility index (Phi) is 6.12. The molecule has 0 bridgehead atoms. The average molecular weight is 388 g/mol. The van der Waals surface area contributed by atoms with Gasteiger partial charge in [0.2, 0.25) is 0 Å². The van der Waals surface area contributed by atoms with Gasteiger partial charge in [-0.2, -0.15) is 0 Å². The van der Waals surface area contributed by atoms with Gasteiger partial charge in [0.05, 0.1) is 25.0 Å². The highest BCUT2D eigenvalue weighted by molar-refractivity contribution is 6.04. The highest BCUT2D eigenvalue weighted by atomic mass is 16.5. The molecule has 1 saturated heterocycles. The molecule has 1 atom stereocenters. The van der Waals surface area contributed by atoms with Gasteiger partial charge >= 0.3 is 0 Å². The van der Waals surface area contributed by atoms with Crippen molar-refractivity contribution < 1.29 is 9.53 Å². The normalized spacial score (nSPS) is 15.8. The van der Waals surface area contributed by atoms with Crippen molar-refractivity contribution >= 4 is 17.4 Å². The molecular weight excluding hydrogens is 364 g/mol. The first-order valence-electron chi connectivity index (χ1n) is 9.88. The number of benzene rings is 2. The molecule has 2 heterocycles. The van der Waals surface area contributed by atoms with E-state index in [1.807, 2.05) is 60.7 Å². The van der Waals surface area contributed by atoms with E-state index in [-0.39, 0.29) is 12.0 Å². The quantitative estimate of drug-likeness (QED) is 0.665. The van der Waals surface area contributed by atoms with Gasteiger partial charge in [0.25, 0.3) is 5.91 Å². The lowest BCUT2D eigenvalue weighted by atomic mass is 10.2. The van der Waals surface area contributed by atoms with Crippen molar-refractivity contribution in [3.8, 4) is 0 Å². The average Bonchev–Trinajstić information content (AvgIpc) is 3.31. The fourth-order valence-electron chi connectivity index (χ4n) is 3.35. The zero-order chi connectivity index (χ0) is 19.9. The van der Waals surface area contributed by atoms with Gasteiger partial charge in [0.15, 0.2) is 0 Å². The Hall–Kier alpha value is -3.25. The van der Waals surface area contributed by atoms with E-state index in [1.165, 1.54) is 6.20 Å². The fraction of sp³-hybridized carbons (Fsp3) is 0.261. The number of hydrogen-bond acceptors (Lipinski definition) is 5. The molecule has 1 unspecified atom stereocenters. The monoisotopic (exact) mass is 388 g/mol. The van der Waals surface area contributed by atoms with Crippen LogP contribution in [0.2, 0.25) is 0 Å².